The lowest BCUT2D eigenvalue weighted by Gasteiger charge is -2.25. The van der Waals surface area contributed by atoms with Crippen molar-refractivity contribution in [2.45, 2.75) is 39.2 Å². The summed E-state index contributed by atoms with van der Waals surface area (Å²) in [4.78, 5) is 37.7. The molecule has 1 aliphatic carbocycles. The van der Waals surface area contributed by atoms with Crippen molar-refractivity contribution in [3.63, 3.8) is 0 Å². The van der Waals surface area contributed by atoms with Gasteiger partial charge in [-0.2, -0.15) is 0 Å². The molecule has 1 saturated carbocycles. The average Bonchev–Trinajstić information content (AvgIpc) is 3.28. The first-order valence-corrected chi connectivity index (χ1v) is 9.45. The number of hydrogen-bond acceptors (Lipinski definition) is 5. The van der Waals surface area contributed by atoms with Gasteiger partial charge in [-0.25, -0.2) is 9.97 Å². The highest BCUT2D eigenvalue weighted by molar-refractivity contribution is 5.92. The number of rotatable bonds is 6. The third-order valence-electron chi connectivity index (χ3n) is 5.93. The molecule has 1 amide bonds. The van der Waals surface area contributed by atoms with E-state index in [1.54, 1.807) is 11.1 Å². The normalized spacial score (nSPS) is 28.8. The van der Waals surface area contributed by atoms with Crippen molar-refractivity contribution in [2.24, 2.45) is 17.3 Å². The summed E-state index contributed by atoms with van der Waals surface area (Å²) in [6, 6.07) is 1.87. The van der Waals surface area contributed by atoms with Gasteiger partial charge < -0.3 is 10.0 Å². The van der Waals surface area contributed by atoms with E-state index in [0.29, 0.717) is 32.1 Å². The van der Waals surface area contributed by atoms with Crippen LogP contribution in [0.15, 0.2) is 12.3 Å². The molecule has 140 valence electrons. The fourth-order valence-corrected chi connectivity index (χ4v) is 4.30. The fourth-order valence-electron chi connectivity index (χ4n) is 4.30. The van der Waals surface area contributed by atoms with Gasteiger partial charge >= 0.3 is 5.97 Å². The quantitative estimate of drug-likeness (QED) is 0.826. The Morgan fingerprint density at radius 2 is 2.15 bits per heavy atom. The van der Waals surface area contributed by atoms with Crippen LogP contribution in [0.3, 0.4) is 0 Å². The maximum atomic E-state index is 12.8. The monoisotopic (exact) mass is 358 g/mol. The second-order valence-corrected chi connectivity index (χ2v) is 8.41. The van der Waals surface area contributed by atoms with Crippen LogP contribution in [0, 0.1) is 17.3 Å². The van der Waals surface area contributed by atoms with Crippen molar-refractivity contribution in [2.75, 3.05) is 26.2 Å². The Morgan fingerprint density at radius 3 is 2.77 bits per heavy atom. The number of carboxylic acids is 1. The van der Waals surface area contributed by atoms with E-state index >= 15 is 0 Å². The number of hydrogen-bond donors (Lipinski definition) is 1. The maximum Gasteiger partial charge on any atom is 0.313 e. The smallest absolute Gasteiger partial charge is 0.313 e. The third kappa shape index (κ3) is 2.98. The van der Waals surface area contributed by atoms with Crippen LogP contribution in [0.5, 0.6) is 0 Å². The van der Waals surface area contributed by atoms with E-state index in [-0.39, 0.29) is 11.8 Å². The van der Waals surface area contributed by atoms with Gasteiger partial charge in [-0.1, -0.05) is 13.8 Å². The number of amides is 1. The number of likely N-dealkylation sites (tertiary alicyclic amines) is 2. The van der Waals surface area contributed by atoms with Crippen molar-refractivity contribution in [3.8, 4) is 0 Å². The van der Waals surface area contributed by atoms with Crippen molar-refractivity contribution in [3.05, 3.63) is 23.8 Å². The van der Waals surface area contributed by atoms with Crippen LogP contribution in [0.4, 0.5) is 0 Å². The largest absolute Gasteiger partial charge is 0.481 e. The second-order valence-electron chi connectivity index (χ2n) is 8.41. The standard InChI is InChI=1S/C19H26N4O3/c1-12(2)16-20-6-5-14(21-16)8-22-9-15-17(24)23(7-13-3-4-13)11-19(15,10-22)18(25)26/h5-6,12-13,15H,3-4,7-11H2,1-2H3,(H,25,26)/t15-,19-/m0/s1. The molecule has 1 N–H and O–H groups in total. The molecule has 1 aromatic rings. The number of carboxylic acid groups (broad SMARTS) is 1. The van der Waals surface area contributed by atoms with E-state index in [4.69, 9.17) is 0 Å². The van der Waals surface area contributed by atoms with E-state index in [0.717, 1.165) is 30.9 Å². The van der Waals surface area contributed by atoms with Crippen LogP contribution >= 0.6 is 0 Å². The summed E-state index contributed by atoms with van der Waals surface area (Å²) in [6.45, 7) is 6.63. The lowest BCUT2D eigenvalue weighted by Crippen LogP contribution is -2.41. The summed E-state index contributed by atoms with van der Waals surface area (Å²) in [6.07, 6.45) is 4.07. The molecular formula is C19H26N4O3. The Morgan fingerprint density at radius 1 is 1.38 bits per heavy atom. The number of aromatic nitrogens is 2. The molecule has 0 radical (unpaired) electrons. The van der Waals surface area contributed by atoms with Gasteiger partial charge in [0.15, 0.2) is 0 Å². The van der Waals surface area contributed by atoms with E-state index in [1.165, 1.54) is 0 Å². The maximum absolute atomic E-state index is 12.8. The topological polar surface area (TPSA) is 86.6 Å². The van der Waals surface area contributed by atoms with E-state index < -0.39 is 17.3 Å². The minimum atomic E-state index is -0.972. The highest BCUT2D eigenvalue weighted by atomic mass is 16.4. The van der Waals surface area contributed by atoms with Crippen LogP contribution in [0.1, 0.15) is 44.1 Å². The van der Waals surface area contributed by atoms with Crippen LogP contribution in [0.25, 0.3) is 0 Å². The lowest BCUT2D eigenvalue weighted by atomic mass is 9.81. The molecule has 2 saturated heterocycles. The van der Waals surface area contributed by atoms with Gasteiger partial charge in [-0.05, 0) is 24.8 Å². The minimum absolute atomic E-state index is 0.0207. The molecule has 0 aromatic carbocycles. The first-order valence-electron chi connectivity index (χ1n) is 9.45. The Labute approximate surface area is 153 Å². The molecule has 7 nitrogen and oxygen atoms in total. The van der Waals surface area contributed by atoms with Crippen LogP contribution in [0.2, 0.25) is 0 Å². The van der Waals surface area contributed by atoms with Crippen molar-refractivity contribution < 1.29 is 14.7 Å². The molecule has 3 aliphatic rings. The van der Waals surface area contributed by atoms with Crippen LogP contribution in [-0.4, -0.2) is 62.9 Å². The van der Waals surface area contributed by atoms with Crippen molar-refractivity contribution in [1.29, 1.82) is 0 Å². The van der Waals surface area contributed by atoms with Gasteiger partial charge in [0, 0.05) is 44.8 Å². The summed E-state index contributed by atoms with van der Waals surface area (Å²) in [5.41, 5.74) is -0.0913. The molecule has 2 atom stereocenters. The van der Waals surface area contributed by atoms with Gasteiger partial charge in [0.05, 0.1) is 11.6 Å². The number of carbonyl (C=O) groups excluding carboxylic acids is 1. The number of nitrogens with zero attached hydrogens (tertiary/aromatic N) is 4. The molecule has 2 aliphatic heterocycles. The lowest BCUT2D eigenvalue weighted by molar-refractivity contribution is -0.149. The first-order chi connectivity index (χ1) is 12.4. The molecule has 7 heteroatoms. The summed E-state index contributed by atoms with van der Waals surface area (Å²) in [5, 5.41) is 9.93. The Kier molecular flexibility index (Phi) is 4.22. The Bertz CT molecular complexity index is 733. The van der Waals surface area contributed by atoms with Crippen molar-refractivity contribution in [1.82, 2.24) is 19.8 Å². The Balaban J connectivity index is 1.50. The summed E-state index contributed by atoms with van der Waals surface area (Å²) >= 11 is 0. The molecule has 0 bridgehead atoms. The molecule has 3 fully saturated rings. The number of fused-ring (bicyclic) bond motifs is 1. The molecule has 4 rings (SSSR count). The predicted molar refractivity (Wildman–Crippen MR) is 94.3 cm³/mol. The SMILES string of the molecule is CC(C)c1nccc(CN2C[C@H]3C(=O)N(CC4CC4)C[C@@]3(C(=O)O)C2)n1. The van der Waals surface area contributed by atoms with E-state index in [1.807, 2.05) is 19.9 Å². The van der Waals surface area contributed by atoms with Crippen LogP contribution < -0.4 is 0 Å². The number of carbonyl (C=O) groups is 2. The average molecular weight is 358 g/mol. The highest BCUT2D eigenvalue weighted by Gasteiger charge is 2.62. The van der Waals surface area contributed by atoms with E-state index in [2.05, 4.69) is 14.9 Å². The predicted octanol–water partition coefficient (Wildman–Crippen LogP) is 1.36. The fraction of sp³-hybridized carbons (Fsp3) is 0.684. The zero-order valence-electron chi connectivity index (χ0n) is 15.4. The molecule has 1 aromatic heterocycles. The summed E-state index contributed by atoms with van der Waals surface area (Å²) < 4.78 is 0. The molecular weight excluding hydrogens is 332 g/mol. The zero-order chi connectivity index (χ0) is 18.5. The summed E-state index contributed by atoms with van der Waals surface area (Å²) in [5.74, 6) is 0.354. The van der Waals surface area contributed by atoms with Gasteiger partial charge in [-0.15, -0.1) is 0 Å². The molecule has 3 heterocycles. The first kappa shape index (κ1) is 17.4. The summed E-state index contributed by atoms with van der Waals surface area (Å²) in [7, 11) is 0. The van der Waals surface area contributed by atoms with Gasteiger partial charge in [0.25, 0.3) is 0 Å². The molecule has 0 spiro atoms. The molecule has 0 unspecified atom stereocenters. The second kappa shape index (κ2) is 6.30. The van der Waals surface area contributed by atoms with Gasteiger partial charge in [-0.3, -0.25) is 14.5 Å². The van der Waals surface area contributed by atoms with E-state index in [9.17, 15) is 14.7 Å². The Hall–Kier alpha value is -2.02. The van der Waals surface area contributed by atoms with Gasteiger partial charge in [0.1, 0.15) is 11.2 Å². The molecule has 26 heavy (non-hydrogen) atoms. The minimum Gasteiger partial charge on any atom is -0.481 e. The number of aliphatic carboxylic acids is 1. The zero-order valence-corrected chi connectivity index (χ0v) is 15.4. The third-order valence-corrected chi connectivity index (χ3v) is 5.93. The van der Waals surface area contributed by atoms with Gasteiger partial charge in [0.2, 0.25) is 5.91 Å². The highest BCUT2D eigenvalue weighted by Crippen LogP contribution is 2.45. The van der Waals surface area contributed by atoms with Crippen molar-refractivity contribution >= 4 is 11.9 Å². The van der Waals surface area contributed by atoms with Crippen LogP contribution in [-0.2, 0) is 16.1 Å².